The molecule has 0 amide bonds. The summed E-state index contributed by atoms with van der Waals surface area (Å²) in [7, 11) is 1.68. The van der Waals surface area contributed by atoms with Crippen molar-refractivity contribution in [2.45, 2.75) is 6.17 Å². The molecule has 0 saturated heterocycles. The summed E-state index contributed by atoms with van der Waals surface area (Å²) < 4.78 is 5.21. The van der Waals surface area contributed by atoms with Gasteiger partial charge in [-0.1, -0.05) is 30.3 Å². The molecule has 0 aliphatic carbocycles. The molecule has 0 aromatic heterocycles. The number of hydrogen-bond donors (Lipinski definition) is 2. The van der Waals surface area contributed by atoms with Crippen molar-refractivity contribution >= 4 is 16.8 Å². The Bertz CT molecular complexity index is 744. The summed E-state index contributed by atoms with van der Waals surface area (Å²) in [6.45, 7) is 0. The van der Waals surface area contributed by atoms with E-state index in [2.05, 4.69) is 59.3 Å². The Kier molecular flexibility index (Phi) is 2.71. The van der Waals surface area contributed by atoms with E-state index in [1.54, 1.807) is 7.11 Å². The minimum atomic E-state index is 0.171. The second-order valence-electron chi connectivity index (χ2n) is 5.22. The van der Waals surface area contributed by atoms with Crippen LogP contribution < -0.4 is 15.4 Å². The molecule has 2 aromatic rings. The van der Waals surface area contributed by atoms with Crippen LogP contribution in [0.1, 0.15) is 11.1 Å². The zero-order chi connectivity index (χ0) is 14.2. The molecule has 2 aliphatic heterocycles. The maximum Gasteiger partial charge on any atom is 0.123 e. The molecular formula is C18H16N2O. The Morgan fingerprint density at radius 1 is 1.00 bits per heavy atom. The minimum Gasteiger partial charge on any atom is -0.497 e. The highest BCUT2D eigenvalue weighted by molar-refractivity contribution is 5.94. The number of fused-ring (bicyclic) bond motifs is 3. The summed E-state index contributed by atoms with van der Waals surface area (Å²) >= 11 is 0. The smallest absolute Gasteiger partial charge is 0.123 e. The molecule has 2 aliphatic rings. The molecule has 1 atom stereocenters. The van der Waals surface area contributed by atoms with Crippen molar-refractivity contribution in [2.75, 3.05) is 12.4 Å². The van der Waals surface area contributed by atoms with Crippen LogP contribution in [-0.2, 0) is 0 Å². The van der Waals surface area contributed by atoms with E-state index in [4.69, 9.17) is 4.74 Å². The summed E-state index contributed by atoms with van der Waals surface area (Å²) in [5, 5.41) is 6.92. The van der Waals surface area contributed by atoms with E-state index in [9.17, 15) is 0 Å². The zero-order valence-corrected chi connectivity index (χ0v) is 11.8. The van der Waals surface area contributed by atoms with Gasteiger partial charge in [0.05, 0.1) is 7.11 Å². The molecule has 21 heavy (non-hydrogen) atoms. The number of para-hydroxylation sites is 1. The molecule has 0 radical (unpaired) electrons. The van der Waals surface area contributed by atoms with Crippen LogP contribution in [0, 0.1) is 0 Å². The second kappa shape index (κ2) is 4.70. The Morgan fingerprint density at radius 3 is 2.62 bits per heavy atom. The van der Waals surface area contributed by atoms with Gasteiger partial charge in [0.2, 0.25) is 0 Å². The lowest BCUT2D eigenvalue weighted by atomic mass is 9.97. The Labute approximate surface area is 124 Å². The number of methoxy groups -OCH3 is 1. The highest BCUT2D eigenvalue weighted by Crippen LogP contribution is 2.37. The van der Waals surface area contributed by atoms with Gasteiger partial charge in [-0.25, -0.2) is 0 Å². The van der Waals surface area contributed by atoms with E-state index >= 15 is 0 Å². The monoisotopic (exact) mass is 276 g/mol. The highest BCUT2D eigenvalue weighted by atomic mass is 16.5. The lowest BCUT2D eigenvalue weighted by Gasteiger charge is -2.20. The molecule has 104 valence electrons. The first-order valence-corrected chi connectivity index (χ1v) is 7.03. The first kappa shape index (κ1) is 12.1. The molecule has 0 saturated carbocycles. The van der Waals surface area contributed by atoms with Gasteiger partial charge in [-0.3, -0.25) is 0 Å². The summed E-state index contributed by atoms with van der Waals surface area (Å²) in [4.78, 5) is 0. The van der Waals surface area contributed by atoms with Gasteiger partial charge in [0.1, 0.15) is 11.9 Å². The molecule has 2 N–H and O–H groups in total. The number of hydrogen-bond acceptors (Lipinski definition) is 3. The van der Waals surface area contributed by atoms with Crippen molar-refractivity contribution in [1.82, 2.24) is 5.32 Å². The fourth-order valence-electron chi connectivity index (χ4n) is 2.87. The van der Waals surface area contributed by atoms with Gasteiger partial charge in [-0.15, -0.1) is 0 Å². The molecule has 0 bridgehead atoms. The van der Waals surface area contributed by atoms with Crippen LogP contribution in [0.5, 0.6) is 5.75 Å². The molecule has 1 unspecified atom stereocenters. The van der Waals surface area contributed by atoms with Gasteiger partial charge >= 0.3 is 0 Å². The molecule has 2 aromatic carbocycles. The Hall–Kier alpha value is -2.68. The fraction of sp³-hybridized carbons (Fsp3) is 0.111. The van der Waals surface area contributed by atoms with Crippen molar-refractivity contribution in [1.29, 1.82) is 0 Å². The summed E-state index contributed by atoms with van der Waals surface area (Å²) in [5.74, 6) is 0.876. The number of rotatable bonds is 2. The quantitative estimate of drug-likeness (QED) is 0.881. The maximum absolute atomic E-state index is 5.21. The third-order valence-corrected chi connectivity index (χ3v) is 3.99. The van der Waals surface area contributed by atoms with Crippen LogP contribution in [0.15, 0.2) is 60.8 Å². The van der Waals surface area contributed by atoms with Gasteiger partial charge in [0.15, 0.2) is 0 Å². The SMILES string of the molecule is COc1ccc(C2=CNC3Nc4ccccc4C3=C2)cc1. The zero-order valence-electron chi connectivity index (χ0n) is 11.8. The molecule has 3 heteroatoms. The molecule has 4 rings (SSSR count). The minimum absolute atomic E-state index is 0.171. The average Bonchev–Trinajstić information content (AvgIpc) is 2.93. The van der Waals surface area contributed by atoms with Crippen molar-refractivity contribution < 1.29 is 4.74 Å². The molecule has 3 nitrogen and oxygen atoms in total. The third-order valence-electron chi connectivity index (χ3n) is 3.99. The fourth-order valence-corrected chi connectivity index (χ4v) is 2.87. The van der Waals surface area contributed by atoms with E-state index < -0.39 is 0 Å². The van der Waals surface area contributed by atoms with Gasteiger partial charge in [0.25, 0.3) is 0 Å². The number of anilines is 1. The first-order valence-electron chi connectivity index (χ1n) is 7.03. The third kappa shape index (κ3) is 1.98. The molecule has 0 fully saturated rings. The van der Waals surface area contributed by atoms with Crippen molar-refractivity contribution in [3.8, 4) is 5.75 Å². The number of allylic oxidation sites excluding steroid dienone is 2. The van der Waals surface area contributed by atoms with Gasteiger partial charge in [-0.05, 0) is 35.4 Å². The van der Waals surface area contributed by atoms with Crippen LogP contribution in [0.3, 0.4) is 0 Å². The highest BCUT2D eigenvalue weighted by Gasteiger charge is 2.27. The second-order valence-corrected chi connectivity index (χ2v) is 5.22. The van der Waals surface area contributed by atoms with E-state index in [1.807, 2.05) is 12.1 Å². The van der Waals surface area contributed by atoms with E-state index in [-0.39, 0.29) is 6.17 Å². The first-order chi connectivity index (χ1) is 10.3. The van der Waals surface area contributed by atoms with Gasteiger partial charge in [0, 0.05) is 23.0 Å². The Balaban J connectivity index is 1.71. The largest absolute Gasteiger partial charge is 0.497 e. The number of dihydropyridines is 1. The lowest BCUT2D eigenvalue weighted by Crippen LogP contribution is -2.31. The van der Waals surface area contributed by atoms with Gasteiger partial charge in [-0.2, -0.15) is 0 Å². The summed E-state index contributed by atoms with van der Waals surface area (Å²) in [5.41, 5.74) is 6.11. The number of benzene rings is 2. The van der Waals surface area contributed by atoms with Crippen LogP contribution in [-0.4, -0.2) is 13.3 Å². The van der Waals surface area contributed by atoms with E-state index in [0.717, 1.165) is 5.75 Å². The van der Waals surface area contributed by atoms with Crippen LogP contribution in [0.4, 0.5) is 5.69 Å². The topological polar surface area (TPSA) is 33.3 Å². The predicted molar refractivity (Wildman–Crippen MR) is 85.9 cm³/mol. The van der Waals surface area contributed by atoms with Crippen LogP contribution in [0.2, 0.25) is 0 Å². The van der Waals surface area contributed by atoms with Crippen molar-refractivity contribution in [2.24, 2.45) is 0 Å². The number of nitrogens with one attached hydrogen (secondary N) is 2. The molecular weight excluding hydrogens is 260 g/mol. The van der Waals surface area contributed by atoms with Crippen molar-refractivity contribution in [3.63, 3.8) is 0 Å². The number of ether oxygens (including phenoxy) is 1. The van der Waals surface area contributed by atoms with Crippen LogP contribution in [0.25, 0.3) is 11.1 Å². The van der Waals surface area contributed by atoms with E-state index in [0.29, 0.717) is 0 Å². The van der Waals surface area contributed by atoms with Crippen LogP contribution >= 0.6 is 0 Å². The summed E-state index contributed by atoms with van der Waals surface area (Å²) in [6.07, 6.45) is 4.49. The lowest BCUT2D eigenvalue weighted by molar-refractivity contribution is 0.415. The van der Waals surface area contributed by atoms with Crippen molar-refractivity contribution in [3.05, 3.63) is 71.9 Å². The maximum atomic E-state index is 5.21. The standard InChI is InChI=1S/C18H16N2O/c1-21-14-8-6-12(7-9-14)13-10-16-15-4-2-3-5-17(15)20-18(16)19-11-13/h2-11,18-20H,1H3. The Morgan fingerprint density at radius 2 is 1.81 bits per heavy atom. The normalized spacial score (nSPS) is 18.6. The predicted octanol–water partition coefficient (Wildman–Crippen LogP) is 3.47. The summed E-state index contributed by atoms with van der Waals surface area (Å²) in [6, 6.07) is 16.5. The van der Waals surface area contributed by atoms with Gasteiger partial charge < -0.3 is 15.4 Å². The molecule has 0 spiro atoms. The van der Waals surface area contributed by atoms with E-state index in [1.165, 1.54) is 28.0 Å². The average molecular weight is 276 g/mol. The molecule has 2 heterocycles.